The average molecular weight is 212 g/mol. The Balaban J connectivity index is 1.86. The lowest BCUT2D eigenvalue weighted by atomic mass is 10.0. The number of unbranched alkanes of at least 4 members (excludes halogenated alkanes) is 1. The molecule has 0 aromatic carbocycles. The van der Waals surface area contributed by atoms with E-state index in [4.69, 9.17) is 5.73 Å². The molecule has 1 aliphatic carbocycles. The Morgan fingerprint density at radius 1 is 1.27 bits per heavy atom. The molecule has 1 rings (SSSR count). The largest absolute Gasteiger partial charge is 0.356 e. The van der Waals surface area contributed by atoms with E-state index in [0.29, 0.717) is 13.0 Å². The molecule has 0 saturated heterocycles. The van der Waals surface area contributed by atoms with Gasteiger partial charge in [-0.3, -0.25) is 4.79 Å². The first kappa shape index (κ1) is 12.5. The maximum absolute atomic E-state index is 11.1. The lowest BCUT2D eigenvalue weighted by molar-refractivity contribution is -0.120. The first-order chi connectivity index (χ1) is 7.33. The molecule has 1 aliphatic rings. The quantitative estimate of drug-likeness (QED) is 0.632. The monoisotopic (exact) mass is 212 g/mol. The molecule has 0 aromatic rings. The van der Waals surface area contributed by atoms with Crippen molar-refractivity contribution in [1.82, 2.24) is 5.32 Å². The number of carbonyl (C=O) groups excluding carboxylic acids is 1. The molecule has 3 N–H and O–H groups in total. The molecule has 15 heavy (non-hydrogen) atoms. The number of hydrogen-bond acceptors (Lipinski definition) is 2. The van der Waals surface area contributed by atoms with Gasteiger partial charge in [0, 0.05) is 19.5 Å². The van der Waals surface area contributed by atoms with Gasteiger partial charge in [-0.05, 0) is 12.3 Å². The molecule has 0 unspecified atom stereocenters. The van der Waals surface area contributed by atoms with Gasteiger partial charge < -0.3 is 11.1 Å². The third kappa shape index (κ3) is 5.78. The minimum Gasteiger partial charge on any atom is -0.356 e. The Hall–Kier alpha value is -0.570. The van der Waals surface area contributed by atoms with E-state index in [1.807, 2.05) is 0 Å². The van der Waals surface area contributed by atoms with Gasteiger partial charge in [0.05, 0.1) is 0 Å². The van der Waals surface area contributed by atoms with Crippen LogP contribution in [0, 0.1) is 5.92 Å². The number of amides is 1. The van der Waals surface area contributed by atoms with Gasteiger partial charge >= 0.3 is 0 Å². The van der Waals surface area contributed by atoms with Crippen molar-refractivity contribution in [2.75, 3.05) is 13.1 Å². The maximum Gasteiger partial charge on any atom is 0.221 e. The molecule has 0 radical (unpaired) electrons. The van der Waals surface area contributed by atoms with E-state index in [0.717, 1.165) is 18.9 Å². The predicted octanol–water partition coefficient (Wildman–Crippen LogP) is 1.81. The molecule has 3 nitrogen and oxygen atoms in total. The van der Waals surface area contributed by atoms with E-state index in [1.54, 1.807) is 0 Å². The molecule has 3 heteroatoms. The van der Waals surface area contributed by atoms with Gasteiger partial charge in [-0.15, -0.1) is 0 Å². The van der Waals surface area contributed by atoms with Crippen LogP contribution in [0.3, 0.4) is 0 Å². The summed E-state index contributed by atoms with van der Waals surface area (Å²) < 4.78 is 0. The van der Waals surface area contributed by atoms with E-state index < -0.39 is 0 Å². The highest BCUT2D eigenvalue weighted by atomic mass is 16.1. The van der Waals surface area contributed by atoms with E-state index in [2.05, 4.69) is 5.32 Å². The highest BCUT2D eigenvalue weighted by Gasteiger charge is 2.13. The van der Waals surface area contributed by atoms with Crippen molar-refractivity contribution in [3.8, 4) is 0 Å². The van der Waals surface area contributed by atoms with Crippen LogP contribution >= 0.6 is 0 Å². The van der Waals surface area contributed by atoms with Crippen LogP contribution in [0.1, 0.15) is 51.4 Å². The van der Waals surface area contributed by atoms with Crippen LogP contribution in [-0.4, -0.2) is 19.0 Å². The zero-order valence-corrected chi connectivity index (χ0v) is 9.63. The summed E-state index contributed by atoms with van der Waals surface area (Å²) in [4.78, 5) is 11.1. The molecule has 88 valence electrons. The van der Waals surface area contributed by atoms with Gasteiger partial charge in [0.1, 0.15) is 0 Å². The summed E-state index contributed by atoms with van der Waals surface area (Å²) in [6, 6.07) is 0. The van der Waals surface area contributed by atoms with Gasteiger partial charge in [0.15, 0.2) is 0 Å². The first-order valence-electron chi connectivity index (χ1n) is 6.29. The van der Waals surface area contributed by atoms with E-state index in [9.17, 15) is 4.79 Å². The summed E-state index contributed by atoms with van der Waals surface area (Å²) in [6.45, 7) is 1.28. The summed E-state index contributed by atoms with van der Waals surface area (Å²) in [5.74, 6) is 1.07. The second kappa shape index (κ2) is 7.69. The SMILES string of the molecule is NCCC(=O)NCCCCC1CCCC1. The van der Waals surface area contributed by atoms with Crippen molar-refractivity contribution in [2.24, 2.45) is 11.7 Å². The molecule has 0 bridgehead atoms. The minimum absolute atomic E-state index is 0.0957. The molecular formula is C12H24N2O. The second-order valence-electron chi connectivity index (χ2n) is 4.53. The molecule has 1 saturated carbocycles. The fraction of sp³-hybridized carbons (Fsp3) is 0.917. The second-order valence-corrected chi connectivity index (χ2v) is 4.53. The summed E-state index contributed by atoms with van der Waals surface area (Å²) in [6.07, 6.45) is 9.91. The fourth-order valence-electron chi connectivity index (χ4n) is 2.30. The molecule has 0 aromatic heterocycles. The summed E-state index contributed by atoms with van der Waals surface area (Å²) >= 11 is 0. The molecule has 0 aliphatic heterocycles. The molecule has 0 atom stereocenters. The normalized spacial score (nSPS) is 16.9. The van der Waals surface area contributed by atoms with E-state index >= 15 is 0 Å². The Bertz CT molecular complexity index is 176. The zero-order valence-electron chi connectivity index (χ0n) is 9.63. The lowest BCUT2D eigenvalue weighted by Crippen LogP contribution is -2.26. The van der Waals surface area contributed by atoms with Crippen molar-refractivity contribution in [3.63, 3.8) is 0 Å². The minimum atomic E-state index is 0.0957. The van der Waals surface area contributed by atoms with Gasteiger partial charge in [-0.1, -0.05) is 38.5 Å². The van der Waals surface area contributed by atoms with Gasteiger partial charge in [0.2, 0.25) is 5.91 Å². The van der Waals surface area contributed by atoms with Crippen LogP contribution in [-0.2, 0) is 4.79 Å². The number of rotatable bonds is 7. The molecule has 1 amide bonds. The number of hydrogen-bond donors (Lipinski definition) is 2. The molecule has 1 fully saturated rings. The number of nitrogens with one attached hydrogen (secondary N) is 1. The highest BCUT2D eigenvalue weighted by Crippen LogP contribution is 2.28. The smallest absolute Gasteiger partial charge is 0.221 e. The number of nitrogens with two attached hydrogens (primary N) is 1. The number of carbonyl (C=O) groups is 1. The van der Waals surface area contributed by atoms with Gasteiger partial charge in [0.25, 0.3) is 0 Å². The van der Waals surface area contributed by atoms with E-state index in [1.165, 1.54) is 38.5 Å². The molecule has 0 heterocycles. The van der Waals surface area contributed by atoms with Crippen molar-refractivity contribution < 1.29 is 4.79 Å². The van der Waals surface area contributed by atoms with Crippen molar-refractivity contribution >= 4 is 5.91 Å². The Morgan fingerprint density at radius 2 is 2.00 bits per heavy atom. The van der Waals surface area contributed by atoms with Crippen molar-refractivity contribution in [2.45, 2.75) is 51.4 Å². The lowest BCUT2D eigenvalue weighted by Gasteiger charge is -2.08. The third-order valence-corrected chi connectivity index (χ3v) is 3.21. The highest BCUT2D eigenvalue weighted by molar-refractivity contribution is 5.75. The van der Waals surface area contributed by atoms with Gasteiger partial charge in [-0.2, -0.15) is 0 Å². The first-order valence-corrected chi connectivity index (χ1v) is 6.29. The Morgan fingerprint density at radius 3 is 2.67 bits per heavy atom. The topological polar surface area (TPSA) is 55.1 Å². The molecular weight excluding hydrogens is 188 g/mol. The zero-order chi connectivity index (χ0) is 10.9. The van der Waals surface area contributed by atoms with Crippen LogP contribution in [0.5, 0.6) is 0 Å². The van der Waals surface area contributed by atoms with Crippen LogP contribution in [0.15, 0.2) is 0 Å². The fourth-order valence-corrected chi connectivity index (χ4v) is 2.30. The van der Waals surface area contributed by atoms with Crippen LogP contribution < -0.4 is 11.1 Å². The molecule has 0 spiro atoms. The maximum atomic E-state index is 11.1. The van der Waals surface area contributed by atoms with Crippen molar-refractivity contribution in [1.29, 1.82) is 0 Å². The Kier molecular flexibility index (Phi) is 6.41. The van der Waals surface area contributed by atoms with Crippen molar-refractivity contribution in [3.05, 3.63) is 0 Å². The predicted molar refractivity (Wildman–Crippen MR) is 62.5 cm³/mol. The van der Waals surface area contributed by atoms with Gasteiger partial charge in [-0.25, -0.2) is 0 Å². The van der Waals surface area contributed by atoms with Crippen LogP contribution in [0.2, 0.25) is 0 Å². The Labute approximate surface area is 92.8 Å². The summed E-state index contributed by atoms with van der Waals surface area (Å²) in [5.41, 5.74) is 5.28. The summed E-state index contributed by atoms with van der Waals surface area (Å²) in [7, 11) is 0. The van der Waals surface area contributed by atoms with E-state index in [-0.39, 0.29) is 5.91 Å². The standard InChI is InChI=1S/C12H24N2O/c13-9-8-12(15)14-10-4-3-7-11-5-1-2-6-11/h11H,1-10,13H2,(H,14,15). The van der Waals surface area contributed by atoms with Crippen LogP contribution in [0.4, 0.5) is 0 Å². The summed E-state index contributed by atoms with van der Waals surface area (Å²) in [5, 5.41) is 2.89. The van der Waals surface area contributed by atoms with Crippen LogP contribution in [0.25, 0.3) is 0 Å². The third-order valence-electron chi connectivity index (χ3n) is 3.21. The average Bonchev–Trinajstić information content (AvgIpc) is 2.70.